The number of amides is 1. The normalized spacial score (nSPS) is 14.4. The van der Waals surface area contributed by atoms with E-state index >= 15 is 0 Å². The summed E-state index contributed by atoms with van der Waals surface area (Å²) in [6.07, 6.45) is 7.41. The molecule has 0 N–H and O–H groups in total. The Balaban J connectivity index is 1.70. The lowest BCUT2D eigenvalue weighted by atomic mass is 10.0. The van der Waals surface area contributed by atoms with Crippen LogP contribution in [-0.4, -0.2) is 27.7 Å². The van der Waals surface area contributed by atoms with Gasteiger partial charge >= 0.3 is 0 Å². The Morgan fingerprint density at radius 1 is 0.931 bits per heavy atom. The molecule has 29 heavy (non-hydrogen) atoms. The third-order valence-electron chi connectivity index (χ3n) is 5.09. The molecule has 2 aromatic carbocycles. The molecule has 1 aliphatic rings. The van der Waals surface area contributed by atoms with Gasteiger partial charge in [-0.15, -0.1) is 0 Å². The molecule has 140 valence electrons. The summed E-state index contributed by atoms with van der Waals surface area (Å²) < 4.78 is 1.84. The molecule has 0 aliphatic carbocycles. The van der Waals surface area contributed by atoms with Crippen molar-refractivity contribution in [2.75, 3.05) is 11.9 Å². The van der Waals surface area contributed by atoms with E-state index in [0.717, 1.165) is 33.8 Å². The Bertz CT molecular complexity index is 1230. The number of rotatable bonds is 3. The Morgan fingerprint density at radius 2 is 1.72 bits per heavy atom. The zero-order chi connectivity index (χ0) is 19.8. The molecule has 0 bridgehead atoms. The predicted octanol–water partition coefficient (Wildman–Crippen LogP) is 4.45. The number of nitrogens with zero attached hydrogens (tertiary/aromatic N) is 4. The minimum Gasteiger partial charge on any atom is -0.311 e. The maximum absolute atomic E-state index is 12.9. The SMILES string of the molecule is CN1C(=O)C(=Cc2cn(-c3ccccc3)nc2-c2cccnc2)c2ccccc21. The fourth-order valence-corrected chi connectivity index (χ4v) is 3.63. The van der Waals surface area contributed by atoms with E-state index < -0.39 is 0 Å². The van der Waals surface area contributed by atoms with Crippen molar-refractivity contribution in [3.63, 3.8) is 0 Å². The zero-order valence-corrected chi connectivity index (χ0v) is 15.9. The molecule has 0 radical (unpaired) electrons. The second kappa shape index (κ2) is 6.87. The molecule has 1 amide bonds. The summed E-state index contributed by atoms with van der Waals surface area (Å²) in [7, 11) is 1.80. The van der Waals surface area contributed by atoms with Crippen LogP contribution in [0.15, 0.2) is 85.3 Å². The second-order valence-corrected chi connectivity index (χ2v) is 6.89. The van der Waals surface area contributed by atoms with Crippen LogP contribution in [0.1, 0.15) is 11.1 Å². The first-order chi connectivity index (χ1) is 14.2. The maximum Gasteiger partial charge on any atom is 0.258 e. The van der Waals surface area contributed by atoms with Crippen molar-refractivity contribution in [2.45, 2.75) is 0 Å². The van der Waals surface area contributed by atoms with Crippen molar-refractivity contribution in [3.05, 3.63) is 96.4 Å². The van der Waals surface area contributed by atoms with E-state index in [2.05, 4.69) is 4.98 Å². The van der Waals surface area contributed by atoms with Crippen LogP contribution in [0, 0.1) is 0 Å². The Kier molecular flexibility index (Phi) is 4.06. The van der Waals surface area contributed by atoms with Gasteiger partial charge in [0.2, 0.25) is 0 Å². The molecular weight excluding hydrogens is 360 g/mol. The predicted molar refractivity (Wildman–Crippen MR) is 115 cm³/mol. The van der Waals surface area contributed by atoms with Crippen molar-refractivity contribution in [2.24, 2.45) is 0 Å². The van der Waals surface area contributed by atoms with Crippen molar-refractivity contribution < 1.29 is 4.79 Å². The number of pyridine rings is 1. The lowest BCUT2D eigenvalue weighted by Crippen LogP contribution is -2.20. The van der Waals surface area contributed by atoms with Crippen LogP contribution < -0.4 is 4.90 Å². The van der Waals surface area contributed by atoms with Crippen LogP contribution in [0.4, 0.5) is 5.69 Å². The summed E-state index contributed by atoms with van der Waals surface area (Å²) in [4.78, 5) is 18.8. The highest BCUT2D eigenvalue weighted by atomic mass is 16.2. The number of anilines is 1. The molecule has 1 aliphatic heterocycles. The first-order valence-corrected chi connectivity index (χ1v) is 9.37. The lowest BCUT2D eigenvalue weighted by Gasteiger charge is -2.07. The second-order valence-electron chi connectivity index (χ2n) is 6.89. The molecular formula is C24H18N4O. The number of likely N-dealkylation sites (N-methyl/N-ethyl adjacent to an activating group) is 1. The average Bonchev–Trinajstić information content (AvgIpc) is 3.31. The molecule has 0 atom stereocenters. The van der Waals surface area contributed by atoms with E-state index in [0.29, 0.717) is 5.57 Å². The Hall–Kier alpha value is -3.99. The highest BCUT2D eigenvalue weighted by Gasteiger charge is 2.29. The number of para-hydroxylation sites is 2. The van der Waals surface area contributed by atoms with Crippen LogP contribution in [0.3, 0.4) is 0 Å². The van der Waals surface area contributed by atoms with E-state index in [1.54, 1.807) is 24.3 Å². The molecule has 0 unspecified atom stereocenters. The standard InChI is InChI=1S/C24H18N4O/c1-27-22-12-6-5-11-20(22)21(24(27)29)14-18-16-28(19-9-3-2-4-10-19)26-23(18)17-8-7-13-25-15-17/h2-16H,1H3. The minimum atomic E-state index is -0.0178. The fourth-order valence-electron chi connectivity index (χ4n) is 3.63. The van der Waals surface area contributed by atoms with E-state index in [1.165, 1.54) is 0 Å². The third-order valence-corrected chi connectivity index (χ3v) is 5.09. The first-order valence-electron chi connectivity index (χ1n) is 9.37. The van der Waals surface area contributed by atoms with Gasteiger partial charge in [0, 0.05) is 47.9 Å². The molecule has 0 saturated heterocycles. The van der Waals surface area contributed by atoms with Gasteiger partial charge in [0.05, 0.1) is 11.4 Å². The Labute approximate surface area is 168 Å². The summed E-state index contributed by atoms with van der Waals surface area (Å²) in [5.41, 5.74) is 6.04. The molecule has 3 heterocycles. The Morgan fingerprint density at radius 3 is 2.52 bits per heavy atom. The van der Waals surface area contributed by atoms with Crippen molar-refractivity contribution in [1.29, 1.82) is 0 Å². The van der Waals surface area contributed by atoms with Gasteiger partial charge in [0.1, 0.15) is 5.69 Å². The number of benzene rings is 2. The molecule has 0 saturated carbocycles. The van der Waals surface area contributed by atoms with Crippen molar-refractivity contribution >= 4 is 23.2 Å². The quantitative estimate of drug-likeness (QED) is 0.495. The number of carbonyl (C=O) groups is 1. The summed E-state index contributed by atoms with van der Waals surface area (Å²) in [6, 6.07) is 21.6. The van der Waals surface area contributed by atoms with Gasteiger partial charge in [-0.3, -0.25) is 9.78 Å². The highest BCUT2D eigenvalue weighted by molar-refractivity contribution is 6.35. The van der Waals surface area contributed by atoms with Crippen molar-refractivity contribution in [1.82, 2.24) is 14.8 Å². The highest BCUT2D eigenvalue weighted by Crippen LogP contribution is 2.37. The molecule has 4 aromatic rings. The fraction of sp³-hybridized carbons (Fsp3) is 0.0417. The summed E-state index contributed by atoms with van der Waals surface area (Å²) in [5, 5.41) is 4.80. The van der Waals surface area contributed by atoms with Crippen LogP contribution in [0.5, 0.6) is 0 Å². The van der Waals surface area contributed by atoms with Gasteiger partial charge in [0.15, 0.2) is 0 Å². The van der Waals surface area contributed by atoms with Gasteiger partial charge in [-0.25, -0.2) is 4.68 Å². The minimum absolute atomic E-state index is 0.0178. The summed E-state index contributed by atoms with van der Waals surface area (Å²) in [6.45, 7) is 0. The summed E-state index contributed by atoms with van der Waals surface area (Å²) in [5.74, 6) is -0.0178. The number of aromatic nitrogens is 3. The van der Waals surface area contributed by atoms with Crippen LogP contribution in [0.25, 0.3) is 28.6 Å². The molecule has 5 heteroatoms. The van der Waals surface area contributed by atoms with Gasteiger partial charge < -0.3 is 4.90 Å². The molecule has 5 nitrogen and oxygen atoms in total. The smallest absolute Gasteiger partial charge is 0.258 e. The lowest BCUT2D eigenvalue weighted by molar-refractivity contribution is -0.112. The van der Waals surface area contributed by atoms with E-state index in [9.17, 15) is 4.79 Å². The number of hydrogen-bond acceptors (Lipinski definition) is 3. The number of carbonyl (C=O) groups excluding carboxylic acids is 1. The zero-order valence-electron chi connectivity index (χ0n) is 15.9. The van der Waals surface area contributed by atoms with Crippen molar-refractivity contribution in [3.8, 4) is 16.9 Å². The third kappa shape index (κ3) is 2.93. The largest absolute Gasteiger partial charge is 0.311 e. The van der Waals surface area contributed by atoms with Crippen LogP contribution >= 0.6 is 0 Å². The molecule has 0 fully saturated rings. The van der Waals surface area contributed by atoms with Gasteiger partial charge in [0.25, 0.3) is 5.91 Å². The van der Waals surface area contributed by atoms with Gasteiger partial charge in [-0.05, 0) is 36.4 Å². The summed E-state index contributed by atoms with van der Waals surface area (Å²) >= 11 is 0. The maximum atomic E-state index is 12.9. The van der Waals surface area contributed by atoms with E-state index in [1.807, 2.05) is 83.7 Å². The van der Waals surface area contributed by atoms with Gasteiger partial charge in [-0.2, -0.15) is 5.10 Å². The van der Waals surface area contributed by atoms with Gasteiger partial charge in [-0.1, -0.05) is 36.4 Å². The topological polar surface area (TPSA) is 51.0 Å². The number of hydrogen-bond donors (Lipinski definition) is 0. The number of fused-ring (bicyclic) bond motifs is 1. The monoisotopic (exact) mass is 378 g/mol. The molecule has 2 aromatic heterocycles. The molecule has 0 spiro atoms. The average molecular weight is 378 g/mol. The first kappa shape index (κ1) is 17.1. The van der Waals surface area contributed by atoms with E-state index in [4.69, 9.17) is 5.10 Å². The van der Waals surface area contributed by atoms with Crippen LogP contribution in [-0.2, 0) is 4.79 Å². The van der Waals surface area contributed by atoms with E-state index in [-0.39, 0.29) is 5.91 Å². The molecule has 5 rings (SSSR count). The van der Waals surface area contributed by atoms with Crippen LogP contribution in [0.2, 0.25) is 0 Å².